The van der Waals surface area contributed by atoms with Crippen LogP contribution in [0.1, 0.15) is 11.1 Å². The van der Waals surface area contributed by atoms with Crippen molar-refractivity contribution in [2.75, 3.05) is 0 Å². The molecule has 0 bridgehead atoms. The van der Waals surface area contributed by atoms with Crippen LogP contribution < -0.4 is 5.32 Å². The maximum atomic E-state index is 13.0. The highest BCUT2D eigenvalue weighted by atomic mass is 79.9. The van der Waals surface area contributed by atoms with E-state index in [1.165, 1.54) is 12.1 Å². The van der Waals surface area contributed by atoms with Gasteiger partial charge in [0.2, 0.25) is 0 Å². The normalized spacial score (nSPS) is 10.6. The van der Waals surface area contributed by atoms with Gasteiger partial charge in [-0.05, 0) is 45.3 Å². The lowest BCUT2D eigenvalue weighted by Crippen LogP contribution is -2.13. The van der Waals surface area contributed by atoms with Crippen molar-refractivity contribution < 1.29 is 13.7 Å². The van der Waals surface area contributed by atoms with Crippen molar-refractivity contribution in [3.8, 4) is 0 Å². The molecule has 0 unspecified atom stereocenters. The van der Waals surface area contributed by atoms with E-state index in [0.717, 1.165) is 17.7 Å². The lowest BCUT2D eigenvalue weighted by Gasteiger charge is -2.06. The second kappa shape index (κ2) is 6.73. The first-order valence-corrected chi connectivity index (χ1v) is 6.84. The van der Waals surface area contributed by atoms with Gasteiger partial charge in [0.1, 0.15) is 0 Å². The minimum absolute atomic E-state index is 0.0119. The number of hydrogen-bond donors (Lipinski definition) is 1. The van der Waals surface area contributed by atoms with Crippen LogP contribution in [-0.2, 0) is 13.1 Å². The molecule has 0 aromatic heterocycles. The van der Waals surface area contributed by atoms with E-state index in [0.29, 0.717) is 23.1 Å². The van der Waals surface area contributed by atoms with Crippen LogP contribution >= 0.6 is 15.9 Å². The molecule has 0 atom stereocenters. The van der Waals surface area contributed by atoms with E-state index >= 15 is 0 Å². The molecule has 0 saturated carbocycles. The van der Waals surface area contributed by atoms with Gasteiger partial charge < -0.3 is 5.32 Å². The topological polar surface area (TPSA) is 55.2 Å². The fraction of sp³-hybridized carbons (Fsp3) is 0.143. The van der Waals surface area contributed by atoms with Gasteiger partial charge in [0.25, 0.3) is 5.69 Å². The van der Waals surface area contributed by atoms with Crippen LogP contribution in [0.3, 0.4) is 0 Å². The molecule has 110 valence electrons. The third kappa shape index (κ3) is 4.05. The van der Waals surface area contributed by atoms with Crippen molar-refractivity contribution >= 4 is 21.6 Å². The van der Waals surface area contributed by atoms with Gasteiger partial charge in [0.05, 0.1) is 9.40 Å². The summed E-state index contributed by atoms with van der Waals surface area (Å²) < 4.78 is 26.2. The third-order valence-corrected chi connectivity index (χ3v) is 3.52. The quantitative estimate of drug-likeness (QED) is 0.652. The molecule has 2 aromatic rings. The number of nitro benzene ring substituents is 1. The van der Waals surface area contributed by atoms with E-state index in [9.17, 15) is 18.9 Å². The molecule has 7 heteroatoms. The Morgan fingerprint density at radius 3 is 2.29 bits per heavy atom. The van der Waals surface area contributed by atoms with Crippen LogP contribution in [0.5, 0.6) is 0 Å². The van der Waals surface area contributed by atoms with Crippen molar-refractivity contribution in [2.45, 2.75) is 13.1 Å². The second-order valence-electron chi connectivity index (χ2n) is 4.39. The molecule has 0 aliphatic rings. The molecule has 0 heterocycles. The highest BCUT2D eigenvalue weighted by Gasteiger charge is 2.12. The van der Waals surface area contributed by atoms with Crippen LogP contribution in [0.15, 0.2) is 40.9 Å². The molecule has 0 saturated heterocycles. The Balaban J connectivity index is 1.98. The molecule has 4 nitrogen and oxygen atoms in total. The van der Waals surface area contributed by atoms with Crippen molar-refractivity contribution in [3.63, 3.8) is 0 Å². The van der Waals surface area contributed by atoms with Crippen molar-refractivity contribution in [1.82, 2.24) is 5.32 Å². The summed E-state index contributed by atoms with van der Waals surface area (Å²) in [5.41, 5.74) is 1.31. The Bertz CT molecular complexity index is 680. The second-order valence-corrected chi connectivity index (χ2v) is 5.25. The molecule has 1 N–H and O–H groups in total. The average molecular weight is 357 g/mol. The van der Waals surface area contributed by atoms with Gasteiger partial charge in [-0.15, -0.1) is 0 Å². The molecule has 21 heavy (non-hydrogen) atoms. The van der Waals surface area contributed by atoms with Crippen molar-refractivity contribution in [2.24, 2.45) is 0 Å². The van der Waals surface area contributed by atoms with Crippen LogP contribution in [-0.4, -0.2) is 4.92 Å². The summed E-state index contributed by atoms with van der Waals surface area (Å²) in [5, 5.41) is 13.8. The van der Waals surface area contributed by atoms with Gasteiger partial charge in [-0.1, -0.05) is 12.1 Å². The first-order valence-electron chi connectivity index (χ1n) is 6.05. The van der Waals surface area contributed by atoms with E-state index in [1.807, 2.05) is 0 Å². The van der Waals surface area contributed by atoms with E-state index in [4.69, 9.17) is 0 Å². The Morgan fingerprint density at radius 2 is 1.67 bits per heavy atom. The summed E-state index contributed by atoms with van der Waals surface area (Å²) in [6, 6.07) is 8.48. The van der Waals surface area contributed by atoms with Crippen molar-refractivity contribution in [3.05, 3.63) is 73.7 Å². The van der Waals surface area contributed by atoms with E-state index in [1.54, 1.807) is 12.1 Å². The van der Waals surface area contributed by atoms with Gasteiger partial charge >= 0.3 is 0 Å². The molecule has 2 aromatic carbocycles. The smallest absolute Gasteiger partial charge is 0.283 e. The van der Waals surface area contributed by atoms with Gasteiger partial charge in [0.15, 0.2) is 11.6 Å². The fourth-order valence-electron chi connectivity index (χ4n) is 1.81. The van der Waals surface area contributed by atoms with Gasteiger partial charge in [-0.2, -0.15) is 0 Å². The number of hydrogen-bond acceptors (Lipinski definition) is 3. The van der Waals surface area contributed by atoms with Gasteiger partial charge in [-0.25, -0.2) is 8.78 Å². The largest absolute Gasteiger partial charge is 0.309 e. The van der Waals surface area contributed by atoms with E-state index < -0.39 is 16.6 Å². The van der Waals surface area contributed by atoms with Crippen LogP contribution in [0.25, 0.3) is 0 Å². The standard InChI is InChI=1S/C14H11BrF2N2O2/c15-11-3-1-10(6-14(11)19(20)21)8-18-7-9-2-4-12(16)13(17)5-9/h1-6,18H,7-8H2. The Labute approximate surface area is 128 Å². The zero-order chi connectivity index (χ0) is 15.4. The first-order chi connectivity index (χ1) is 9.97. The molecule has 0 spiro atoms. The van der Waals surface area contributed by atoms with E-state index in [-0.39, 0.29) is 5.69 Å². The van der Waals surface area contributed by atoms with Crippen LogP contribution in [0, 0.1) is 21.7 Å². The summed E-state index contributed by atoms with van der Waals surface area (Å²) >= 11 is 3.11. The summed E-state index contributed by atoms with van der Waals surface area (Å²) in [6.07, 6.45) is 0. The number of nitrogens with zero attached hydrogens (tertiary/aromatic N) is 1. The lowest BCUT2D eigenvalue weighted by molar-refractivity contribution is -0.385. The van der Waals surface area contributed by atoms with Crippen LogP contribution in [0.4, 0.5) is 14.5 Å². The molecular weight excluding hydrogens is 346 g/mol. The zero-order valence-corrected chi connectivity index (χ0v) is 12.4. The maximum Gasteiger partial charge on any atom is 0.283 e. The molecule has 0 amide bonds. The Kier molecular flexibility index (Phi) is 4.98. The van der Waals surface area contributed by atoms with Gasteiger partial charge in [-0.3, -0.25) is 10.1 Å². The molecule has 2 rings (SSSR count). The highest BCUT2D eigenvalue weighted by molar-refractivity contribution is 9.10. The number of rotatable bonds is 5. The summed E-state index contributed by atoms with van der Waals surface area (Å²) in [7, 11) is 0. The summed E-state index contributed by atoms with van der Waals surface area (Å²) in [4.78, 5) is 10.3. The third-order valence-electron chi connectivity index (χ3n) is 2.85. The average Bonchev–Trinajstić information content (AvgIpc) is 2.44. The molecule has 0 aliphatic heterocycles. The number of nitrogens with one attached hydrogen (secondary N) is 1. The lowest BCUT2D eigenvalue weighted by atomic mass is 10.2. The van der Waals surface area contributed by atoms with Gasteiger partial charge in [0, 0.05) is 19.2 Å². The molecule has 0 aliphatic carbocycles. The summed E-state index contributed by atoms with van der Waals surface area (Å²) in [5.74, 6) is -1.78. The fourth-order valence-corrected chi connectivity index (χ4v) is 2.20. The van der Waals surface area contributed by atoms with E-state index in [2.05, 4.69) is 21.2 Å². The number of halogens is 3. The molecular formula is C14H11BrF2N2O2. The predicted octanol–water partition coefficient (Wildman–Crippen LogP) is 3.93. The SMILES string of the molecule is O=[N+]([O-])c1cc(CNCc2ccc(F)c(F)c2)ccc1Br. The highest BCUT2D eigenvalue weighted by Crippen LogP contribution is 2.25. The molecule has 0 fully saturated rings. The van der Waals surface area contributed by atoms with Crippen LogP contribution in [0.2, 0.25) is 0 Å². The number of benzene rings is 2. The molecule has 0 radical (unpaired) electrons. The monoisotopic (exact) mass is 356 g/mol. The zero-order valence-electron chi connectivity index (χ0n) is 10.8. The summed E-state index contributed by atoms with van der Waals surface area (Å²) in [6.45, 7) is 0.716. The first kappa shape index (κ1) is 15.5. The van der Waals surface area contributed by atoms with Crippen molar-refractivity contribution in [1.29, 1.82) is 0 Å². The Morgan fingerprint density at radius 1 is 1.05 bits per heavy atom. The minimum Gasteiger partial charge on any atom is -0.309 e. The Hall–Kier alpha value is -1.86. The minimum atomic E-state index is -0.895. The predicted molar refractivity (Wildman–Crippen MR) is 77.7 cm³/mol. The number of nitro groups is 1. The maximum absolute atomic E-state index is 13.0.